The molecular weight excluding hydrogens is 398 g/mol. The van der Waals surface area contributed by atoms with Crippen LogP contribution in [0.1, 0.15) is 16.8 Å². The highest BCUT2D eigenvalue weighted by Gasteiger charge is 2.24. The molecule has 19 heavy (non-hydrogen) atoms. The van der Waals surface area contributed by atoms with Crippen molar-refractivity contribution in [3.05, 3.63) is 32.7 Å². The largest absolute Gasteiger partial charge is 0.338 e. The normalized spacial score (nSPS) is 18.9. The van der Waals surface area contributed by atoms with Crippen molar-refractivity contribution in [3.8, 4) is 0 Å². The van der Waals surface area contributed by atoms with Crippen LogP contribution < -0.4 is 0 Å². The average Bonchev–Trinajstić information content (AvgIpc) is 2.52. The van der Waals surface area contributed by atoms with E-state index in [1.807, 2.05) is 6.07 Å². The van der Waals surface area contributed by atoms with Crippen LogP contribution in [0.15, 0.2) is 27.1 Å². The van der Waals surface area contributed by atoms with Crippen molar-refractivity contribution in [3.63, 3.8) is 0 Å². The molecule has 1 heterocycles. The summed E-state index contributed by atoms with van der Waals surface area (Å²) in [5.41, 5.74) is 0.550. The van der Waals surface area contributed by atoms with E-state index in [4.69, 9.17) is 0 Å². The van der Waals surface area contributed by atoms with E-state index in [-0.39, 0.29) is 24.0 Å². The molecule has 0 radical (unpaired) electrons. The van der Waals surface area contributed by atoms with Crippen molar-refractivity contribution in [1.82, 2.24) is 4.90 Å². The first-order valence-electron chi connectivity index (χ1n) is 5.84. The van der Waals surface area contributed by atoms with Gasteiger partial charge in [0, 0.05) is 22.0 Å². The molecule has 2 rings (SSSR count). The number of rotatable bonds is 1. The first kappa shape index (κ1) is 15.0. The molecule has 0 unspecified atom stereocenters. The monoisotopic (exact) mass is 409 g/mol. The van der Waals surface area contributed by atoms with E-state index in [1.54, 1.807) is 17.0 Å². The Balaban J connectivity index is 2.22. The van der Waals surface area contributed by atoms with Gasteiger partial charge >= 0.3 is 0 Å². The lowest BCUT2D eigenvalue weighted by Crippen LogP contribution is -2.33. The Hall–Kier alpha value is -0.400. The van der Waals surface area contributed by atoms with Crippen LogP contribution in [0.5, 0.6) is 0 Å². The van der Waals surface area contributed by atoms with Gasteiger partial charge in [0.15, 0.2) is 9.84 Å². The summed E-state index contributed by atoms with van der Waals surface area (Å²) in [4.78, 5) is 14.0. The maximum absolute atomic E-state index is 12.4. The third kappa shape index (κ3) is 3.79. The predicted octanol–water partition coefficient (Wildman–Crippen LogP) is 2.47. The minimum atomic E-state index is -3.00. The summed E-state index contributed by atoms with van der Waals surface area (Å²) >= 11 is 6.69. The number of nitrogens with zero attached hydrogens (tertiary/aromatic N) is 1. The highest BCUT2D eigenvalue weighted by molar-refractivity contribution is 9.11. The van der Waals surface area contributed by atoms with Gasteiger partial charge in [0.05, 0.1) is 17.1 Å². The topological polar surface area (TPSA) is 54.5 Å². The van der Waals surface area contributed by atoms with Crippen LogP contribution in [-0.2, 0) is 9.84 Å². The number of sulfone groups is 1. The van der Waals surface area contributed by atoms with Crippen molar-refractivity contribution >= 4 is 47.6 Å². The van der Waals surface area contributed by atoms with E-state index in [0.717, 1.165) is 4.47 Å². The van der Waals surface area contributed by atoms with E-state index in [2.05, 4.69) is 31.9 Å². The van der Waals surface area contributed by atoms with E-state index in [9.17, 15) is 13.2 Å². The van der Waals surface area contributed by atoms with Crippen molar-refractivity contribution < 1.29 is 13.2 Å². The van der Waals surface area contributed by atoms with Crippen LogP contribution in [0.25, 0.3) is 0 Å². The molecule has 1 fully saturated rings. The SMILES string of the molecule is O=C(c1cc(Br)ccc1Br)N1CCCS(=O)(=O)CC1. The van der Waals surface area contributed by atoms with Crippen molar-refractivity contribution in [1.29, 1.82) is 0 Å². The molecule has 0 bridgehead atoms. The molecule has 1 aromatic carbocycles. The molecule has 0 spiro atoms. The minimum Gasteiger partial charge on any atom is -0.338 e. The van der Waals surface area contributed by atoms with Gasteiger partial charge in [0.1, 0.15) is 0 Å². The highest BCUT2D eigenvalue weighted by Crippen LogP contribution is 2.23. The van der Waals surface area contributed by atoms with Crippen LogP contribution >= 0.6 is 31.9 Å². The molecule has 1 aliphatic rings. The van der Waals surface area contributed by atoms with Crippen molar-refractivity contribution in [2.75, 3.05) is 24.6 Å². The lowest BCUT2D eigenvalue weighted by molar-refractivity contribution is 0.0767. The summed E-state index contributed by atoms with van der Waals surface area (Å²) in [6, 6.07) is 5.38. The maximum atomic E-state index is 12.4. The van der Waals surface area contributed by atoms with Gasteiger partial charge in [-0.2, -0.15) is 0 Å². The van der Waals surface area contributed by atoms with E-state index >= 15 is 0 Å². The molecule has 1 amide bonds. The molecule has 0 aromatic heterocycles. The zero-order valence-corrected chi connectivity index (χ0v) is 14.1. The molecule has 0 N–H and O–H groups in total. The molecule has 0 aliphatic carbocycles. The third-order valence-corrected chi connectivity index (χ3v) is 5.90. The molecule has 1 saturated heterocycles. The Morgan fingerprint density at radius 1 is 1.16 bits per heavy atom. The fourth-order valence-corrected chi connectivity index (χ4v) is 4.02. The Morgan fingerprint density at radius 3 is 2.63 bits per heavy atom. The van der Waals surface area contributed by atoms with E-state index in [1.165, 1.54) is 0 Å². The molecule has 1 aliphatic heterocycles. The summed E-state index contributed by atoms with van der Waals surface area (Å²) in [7, 11) is -3.00. The first-order valence-corrected chi connectivity index (χ1v) is 9.24. The van der Waals surface area contributed by atoms with Gasteiger partial charge in [0.2, 0.25) is 0 Å². The maximum Gasteiger partial charge on any atom is 0.255 e. The lowest BCUT2D eigenvalue weighted by Gasteiger charge is -2.20. The fraction of sp³-hybridized carbons (Fsp3) is 0.417. The fourth-order valence-electron chi connectivity index (χ4n) is 1.97. The Labute approximate surface area is 129 Å². The molecule has 7 heteroatoms. The third-order valence-electron chi connectivity index (χ3n) is 3.00. The standard InChI is InChI=1S/C12H13Br2NO3S/c13-9-2-3-11(14)10(8-9)12(16)15-4-1-6-19(17,18)7-5-15/h2-3,8H,1,4-7H2. The molecular formula is C12H13Br2NO3S. The van der Waals surface area contributed by atoms with E-state index in [0.29, 0.717) is 23.0 Å². The van der Waals surface area contributed by atoms with Gasteiger partial charge < -0.3 is 4.90 Å². The van der Waals surface area contributed by atoms with Crippen molar-refractivity contribution in [2.45, 2.75) is 6.42 Å². The molecule has 4 nitrogen and oxygen atoms in total. The lowest BCUT2D eigenvalue weighted by atomic mass is 10.2. The highest BCUT2D eigenvalue weighted by atomic mass is 79.9. The van der Waals surface area contributed by atoms with Crippen LogP contribution in [0, 0.1) is 0 Å². The van der Waals surface area contributed by atoms with Gasteiger partial charge in [-0.3, -0.25) is 4.79 Å². The number of halogens is 2. The summed E-state index contributed by atoms with van der Waals surface area (Å²) in [6.45, 7) is 0.747. The Morgan fingerprint density at radius 2 is 1.89 bits per heavy atom. The second-order valence-electron chi connectivity index (χ2n) is 4.42. The molecule has 0 saturated carbocycles. The van der Waals surface area contributed by atoms with Crippen LogP contribution in [-0.4, -0.2) is 43.8 Å². The number of carbonyl (C=O) groups excluding carboxylic acids is 1. The predicted molar refractivity (Wildman–Crippen MR) is 81.0 cm³/mol. The number of carbonyl (C=O) groups is 1. The van der Waals surface area contributed by atoms with Gasteiger partial charge in [-0.1, -0.05) is 15.9 Å². The zero-order chi connectivity index (χ0) is 14.0. The molecule has 0 atom stereocenters. The molecule has 104 valence electrons. The van der Waals surface area contributed by atoms with Gasteiger partial charge in [-0.25, -0.2) is 8.42 Å². The number of hydrogen-bond acceptors (Lipinski definition) is 3. The quantitative estimate of drug-likeness (QED) is 0.714. The molecule has 1 aromatic rings. The smallest absolute Gasteiger partial charge is 0.255 e. The Bertz CT molecular complexity index is 601. The summed E-state index contributed by atoms with van der Waals surface area (Å²) < 4.78 is 24.6. The zero-order valence-electron chi connectivity index (χ0n) is 10.1. The van der Waals surface area contributed by atoms with Gasteiger partial charge in [-0.05, 0) is 40.5 Å². The number of benzene rings is 1. The van der Waals surface area contributed by atoms with Crippen LogP contribution in [0.2, 0.25) is 0 Å². The number of amides is 1. The second kappa shape index (κ2) is 5.93. The average molecular weight is 411 g/mol. The van der Waals surface area contributed by atoms with Crippen LogP contribution in [0.4, 0.5) is 0 Å². The first-order chi connectivity index (χ1) is 8.89. The second-order valence-corrected chi connectivity index (χ2v) is 8.50. The minimum absolute atomic E-state index is 0.0460. The summed E-state index contributed by atoms with van der Waals surface area (Å²) in [5.74, 6) is 0.0751. The van der Waals surface area contributed by atoms with Crippen molar-refractivity contribution in [2.24, 2.45) is 0 Å². The summed E-state index contributed by atoms with van der Waals surface area (Å²) in [6.07, 6.45) is 0.500. The van der Waals surface area contributed by atoms with Crippen LogP contribution in [0.3, 0.4) is 0 Å². The van der Waals surface area contributed by atoms with E-state index < -0.39 is 9.84 Å². The van der Waals surface area contributed by atoms with Gasteiger partial charge in [0.25, 0.3) is 5.91 Å². The Kier molecular flexibility index (Phi) is 4.68. The number of hydrogen-bond donors (Lipinski definition) is 0. The summed E-state index contributed by atoms with van der Waals surface area (Å²) in [5, 5.41) is 0. The van der Waals surface area contributed by atoms with Gasteiger partial charge in [-0.15, -0.1) is 0 Å².